The Hall–Kier alpha value is -10.5. The molecule has 16 heteroatoms. The van der Waals surface area contributed by atoms with Gasteiger partial charge < -0.3 is 47.4 Å². The zero-order valence-corrected chi connectivity index (χ0v) is 74.0. The number of allylic oxidation sites excluding steroid dienone is 6. The molecule has 0 radical (unpaired) electrons. The molecular weight excluding hydrogens is 1480 g/mol. The van der Waals surface area contributed by atoms with Gasteiger partial charge in [0.25, 0.3) is 0 Å². The molecule has 0 N–H and O–H groups in total. The number of benzene rings is 5. The highest BCUT2D eigenvalue weighted by atomic mass is 16.5. The van der Waals surface area contributed by atoms with Gasteiger partial charge in [-0.15, -0.1) is 0 Å². The van der Waals surface area contributed by atoms with Crippen LogP contribution in [0.3, 0.4) is 0 Å². The van der Waals surface area contributed by atoms with Gasteiger partial charge in [-0.3, -0.25) is 0 Å². The number of nitrogens with zero attached hydrogens (tertiary/aromatic N) is 6. The second-order valence-corrected chi connectivity index (χ2v) is 30.7. The molecule has 0 aliphatic carbocycles. The third-order valence-electron chi connectivity index (χ3n) is 21.5. The van der Waals surface area contributed by atoms with Crippen molar-refractivity contribution in [3.8, 4) is 93.9 Å². The molecular formula is C103H138N6O10. The maximum absolute atomic E-state index is 11.5. The SMILES string of the molecule is CCCCCCCCCCOc1cc(/C=C(\C#N)c2cc(OCCCCCCCCCC)c(/C(C#N)=C/c3cc(OCCCCCCCCCC)c(/C=C/C#N)cc3OC)cc2OC)c(OC)cc1/C=C(\C#N)c1cc(OCCCCCCCCCC)c(/C(C#N)=C/c2cc(OCCCCCCCCCC)c(/C=C/C#N)cc2OC)cc1OC. The van der Waals surface area contributed by atoms with Crippen LogP contribution in [0.15, 0.2) is 72.8 Å². The number of hydrogen-bond donors (Lipinski definition) is 0. The molecule has 0 heterocycles. The maximum atomic E-state index is 11.5. The number of nitriles is 6. The molecule has 0 atom stereocenters. The van der Waals surface area contributed by atoms with E-state index in [0.29, 0.717) is 146 Å². The predicted molar refractivity (Wildman–Crippen MR) is 489 cm³/mol. The summed E-state index contributed by atoms with van der Waals surface area (Å²) in [5.74, 6) is 4.16. The minimum absolute atomic E-state index is 0.197. The van der Waals surface area contributed by atoms with Gasteiger partial charge >= 0.3 is 0 Å². The van der Waals surface area contributed by atoms with E-state index in [1.165, 1.54) is 168 Å². The Morgan fingerprint density at radius 1 is 0.227 bits per heavy atom. The van der Waals surface area contributed by atoms with Crippen molar-refractivity contribution >= 4 is 58.7 Å². The smallest absolute Gasteiger partial charge is 0.128 e. The van der Waals surface area contributed by atoms with Gasteiger partial charge in [0.1, 0.15) is 57.5 Å². The lowest BCUT2D eigenvalue weighted by Crippen LogP contribution is -2.04. The number of rotatable bonds is 65. The van der Waals surface area contributed by atoms with Crippen LogP contribution in [0.1, 0.15) is 347 Å². The van der Waals surface area contributed by atoms with Crippen LogP contribution in [0.25, 0.3) is 58.7 Å². The highest BCUT2D eigenvalue weighted by molar-refractivity contribution is 6.00. The first-order valence-corrected chi connectivity index (χ1v) is 44.8. The summed E-state index contributed by atoms with van der Waals surface area (Å²) >= 11 is 0. The molecule has 5 aromatic carbocycles. The summed E-state index contributed by atoms with van der Waals surface area (Å²) in [6.07, 6.45) is 57.7. The summed E-state index contributed by atoms with van der Waals surface area (Å²) in [7, 11) is 7.75. The highest BCUT2D eigenvalue weighted by Gasteiger charge is 2.24. The molecule has 0 amide bonds. The molecule has 640 valence electrons. The van der Waals surface area contributed by atoms with Gasteiger partial charge in [-0.2, -0.15) is 31.6 Å². The largest absolute Gasteiger partial charge is 0.496 e. The third-order valence-corrected chi connectivity index (χ3v) is 21.5. The Bertz CT molecular complexity index is 4290. The maximum Gasteiger partial charge on any atom is 0.128 e. The number of unbranched alkanes of at least 4 members (excludes halogenated alkanes) is 35. The molecule has 5 aromatic rings. The molecule has 0 spiro atoms. The van der Waals surface area contributed by atoms with E-state index in [4.69, 9.17) is 47.4 Å². The first-order chi connectivity index (χ1) is 58.4. The Labute approximate surface area is 716 Å². The summed E-state index contributed by atoms with van der Waals surface area (Å²) in [5, 5.41) is 64.7. The molecule has 0 aliphatic rings. The van der Waals surface area contributed by atoms with Crippen molar-refractivity contribution in [2.24, 2.45) is 0 Å². The van der Waals surface area contributed by atoms with Crippen molar-refractivity contribution in [3.63, 3.8) is 0 Å². The second kappa shape index (κ2) is 61.7. The quantitative estimate of drug-likeness (QED) is 0.0200. The first-order valence-electron chi connectivity index (χ1n) is 44.8. The average Bonchev–Trinajstić information content (AvgIpc) is 0.780. The average molecular weight is 1620 g/mol. The van der Waals surface area contributed by atoms with Crippen molar-refractivity contribution in [2.75, 3.05) is 68.6 Å². The van der Waals surface area contributed by atoms with Gasteiger partial charge in [0, 0.05) is 67.8 Å². The molecule has 0 unspecified atom stereocenters. The molecule has 0 aromatic heterocycles. The number of hydrogen-bond acceptors (Lipinski definition) is 16. The summed E-state index contributed by atoms with van der Waals surface area (Å²) in [6, 6.07) is 32.1. The molecule has 0 fully saturated rings. The normalized spacial score (nSPS) is 11.7. The van der Waals surface area contributed by atoms with Crippen LogP contribution < -0.4 is 47.4 Å². The Kier molecular flexibility index (Phi) is 51.4. The van der Waals surface area contributed by atoms with Gasteiger partial charge in [-0.05, 0) is 129 Å². The zero-order chi connectivity index (χ0) is 85.7. The van der Waals surface area contributed by atoms with Crippen LogP contribution in [0.2, 0.25) is 0 Å². The van der Waals surface area contributed by atoms with Crippen molar-refractivity contribution in [2.45, 2.75) is 291 Å². The Balaban J connectivity index is 1.72. The fourth-order valence-electron chi connectivity index (χ4n) is 14.6. The van der Waals surface area contributed by atoms with Crippen LogP contribution in [0, 0.1) is 68.0 Å². The number of ether oxygens (including phenoxy) is 10. The van der Waals surface area contributed by atoms with Crippen LogP contribution in [0.4, 0.5) is 0 Å². The van der Waals surface area contributed by atoms with Crippen LogP contribution in [-0.4, -0.2) is 68.6 Å². The van der Waals surface area contributed by atoms with Crippen molar-refractivity contribution in [3.05, 3.63) is 128 Å². The molecule has 0 saturated carbocycles. The van der Waals surface area contributed by atoms with Crippen LogP contribution >= 0.6 is 0 Å². The van der Waals surface area contributed by atoms with Crippen molar-refractivity contribution in [1.29, 1.82) is 31.6 Å². The second-order valence-electron chi connectivity index (χ2n) is 30.7. The van der Waals surface area contributed by atoms with Crippen molar-refractivity contribution < 1.29 is 47.4 Å². The summed E-state index contributed by atoms with van der Waals surface area (Å²) in [5.41, 5.74) is 6.06. The monoisotopic (exact) mass is 1620 g/mol. The third kappa shape index (κ3) is 35.9. The first kappa shape index (κ1) is 99.0. The van der Waals surface area contributed by atoms with Gasteiger partial charge in [0.05, 0.1) is 127 Å². The van der Waals surface area contributed by atoms with E-state index in [2.05, 4.69) is 71.0 Å². The van der Waals surface area contributed by atoms with Crippen LogP contribution in [-0.2, 0) is 0 Å². The van der Waals surface area contributed by atoms with Gasteiger partial charge in [-0.1, -0.05) is 259 Å². The zero-order valence-electron chi connectivity index (χ0n) is 74.0. The molecule has 0 saturated heterocycles. The van der Waals surface area contributed by atoms with E-state index < -0.39 is 0 Å². The van der Waals surface area contributed by atoms with Crippen molar-refractivity contribution in [1.82, 2.24) is 0 Å². The Morgan fingerprint density at radius 2 is 0.412 bits per heavy atom. The minimum Gasteiger partial charge on any atom is -0.496 e. The minimum atomic E-state index is 0.197. The lowest BCUT2D eigenvalue weighted by Gasteiger charge is -2.18. The van der Waals surface area contributed by atoms with E-state index in [0.717, 1.165) is 116 Å². The standard InChI is InChI=1S/C103H138N6O10/c1-11-16-21-26-31-36-41-46-57-115-97-69-82(94(110-6)66-80(97)53-51-55-104)63-88(78-108)92-72-100(113-9)90(74-102(92)118-60-49-44-39-34-29-24-19-14-4)86(76-106)62-84-71-99(117-59-48-43-38-33-28-23-18-13-3)85(68-96(84)112-8)65-87(77-107)91-75-103(119-61-50-45-40-35-30-25-20-15-5)93(73-101(91)114-10)89(79-109)64-83-70-98(81(54-52-56-105)67-95(83)111-7)116-58-47-42-37-32-27-22-17-12-2/h51-54,62-75H,11-50,57-61H2,1-10H3/b53-51+,54-52+,86-62+,87-65+,88-63+,89-64+. The lowest BCUT2D eigenvalue weighted by atomic mass is 9.94. The molecule has 5 rings (SSSR count). The summed E-state index contributed by atoms with van der Waals surface area (Å²) in [4.78, 5) is 0. The van der Waals surface area contributed by atoms with E-state index in [-0.39, 0.29) is 22.3 Å². The van der Waals surface area contributed by atoms with Gasteiger partial charge in [0.2, 0.25) is 0 Å². The topological polar surface area (TPSA) is 235 Å². The number of methoxy groups -OCH3 is 5. The summed E-state index contributed by atoms with van der Waals surface area (Å²) in [6.45, 7) is 13.1. The van der Waals surface area contributed by atoms with Crippen LogP contribution in [0.5, 0.6) is 57.5 Å². The molecule has 119 heavy (non-hydrogen) atoms. The lowest BCUT2D eigenvalue weighted by molar-refractivity contribution is 0.302. The highest BCUT2D eigenvalue weighted by Crippen LogP contribution is 2.45. The Morgan fingerprint density at radius 3 is 0.639 bits per heavy atom. The van der Waals surface area contributed by atoms with E-state index in [1.54, 1.807) is 88.1 Å². The summed E-state index contributed by atoms with van der Waals surface area (Å²) < 4.78 is 63.9. The molecule has 16 nitrogen and oxygen atoms in total. The van der Waals surface area contributed by atoms with E-state index >= 15 is 0 Å². The molecule has 0 aliphatic heterocycles. The predicted octanol–water partition coefficient (Wildman–Crippen LogP) is 28.7. The van der Waals surface area contributed by atoms with E-state index in [9.17, 15) is 31.6 Å². The molecule has 0 bridgehead atoms. The fraction of sp³-hybridized carbons (Fsp3) is 0.534. The van der Waals surface area contributed by atoms with Gasteiger partial charge in [0.15, 0.2) is 0 Å². The van der Waals surface area contributed by atoms with Gasteiger partial charge in [-0.25, -0.2) is 0 Å². The van der Waals surface area contributed by atoms with E-state index in [1.807, 2.05) is 30.3 Å². The fourth-order valence-corrected chi connectivity index (χ4v) is 14.6.